The first-order chi connectivity index (χ1) is 12.6. The van der Waals surface area contributed by atoms with E-state index in [2.05, 4.69) is 53.1 Å². The fraction of sp³-hybridized carbons (Fsp3) is 0.880. The zero-order chi connectivity index (χ0) is 19.5. The highest BCUT2D eigenvalue weighted by molar-refractivity contribution is 6.00. The average Bonchev–Trinajstić information content (AvgIpc) is 3.21. The third-order valence-electron chi connectivity index (χ3n) is 11.4. The molecule has 5 aliphatic rings. The first-order valence-corrected chi connectivity index (χ1v) is 11.5. The Morgan fingerprint density at radius 3 is 2.30 bits per heavy atom. The Morgan fingerprint density at radius 2 is 1.63 bits per heavy atom. The van der Waals surface area contributed by atoms with Gasteiger partial charge in [0.2, 0.25) is 0 Å². The highest BCUT2D eigenvalue weighted by Gasteiger charge is 2.82. The van der Waals surface area contributed by atoms with Gasteiger partial charge in [0.1, 0.15) is 0 Å². The molecule has 7 atom stereocenters. The van der Waals surface area contributed by atoms with E-state index in [0.29, 0.717) is 28.1 Å². The predicted molar refractivity (Wildman–Crippen MR) is 110 cm³/mol. The van der Waals surface area contributed by atoms with Crippen molar-refractivity contribution in [2.45, 2.75) is 92.0 Å². The van der Waals surface area contributed by atoms with Crippen LogP contribution in [-0.4, -0.2) is 18.9 Å². The van der Waals surface area contributed by atoms with Crippen molar-refractivity contribution in [3.8, 4) is 0 Å². The Balaban J connectivity index is 1.56. The van der Waals surface area contributed by atoms with Crippen LogP contribution in [0, 0.1) is 38.9 Å². The van der Waals surface area contributed by atoms with Gasteiger partial charge in [0.25, 0.3) is 0 Å². The van der Waals surface area contributed by atoms with E-state index >= 15 is 0 Å². The first kappa shape index (κ1) is 18.4. The van der Waals surface area contributed by atoms with Gasteiger partial charge in [-0.1, -0.05) is 33.8 Å². The lowest BCUT2D eigenvalue weighted by Gasteiger charge is -2.62. The van der Waals surface area contributed by atoms with Crippen molar-refractivity contribution < 1.29 is 4.79 Å². The summed E-state index contributed by atoms with van der Waals surface area (Å²) in [7, 11) is 2.16. The van der Waals surface area contributed by atoms with Crippen molar-refractivity contribution in [2.75, 3.05) is 7.05 Å². The molecule has 27 heavy (non-hydrogen) atoms. The molecule has 0 unspecified atom stereocenters. The normalized spacial score (nSPS) is 56.9. The number of carbonyl (C=O) groups is 1. The third-order valence-corrected chi connectivity index (χ3v) is 11.4. The van der Waals surface area contributed by atoms with Crippen LogP contribution in [-0.2, 0) is 4.79 Å². The van der Waals surface area contributed by atoms with Crippen molar-refractivity contribution in [1.29, 1.82) is 0 Å². The van der Waals surface area contributed by atoms with Crippen LogP contribution in [0.5, 0.6) is 0 Å². The molecule has 1 N–H and O–H groups in total. The minimum atomic E-state index is 0.114. The number of hydrogen-bond acceptors (Lipinski definition) is 2. The van der Waals surface area contributed by atoms with Crippen molar-refractivity contribution in [2.24, 2.45) is 38.9 Å². The summed E-state index contributed by atoms with van der Waals surface area (Å²) in [4.78, 5) is 13.0. The Morgan fingerprint density at radius 1 is 0.963 bits per heavy atom. The molecule has 2 nitrogen and oxygen atoms in total. The molecule has 2 spiro atoms. The molecule has 150 valence electrons. The van der Waals surface area contributed by atoms with E-state index in [-0.39, 0.29) is 10.8 Å². The summed E-state index contributed by atoms with van der Waals surface area (Å²) in [6.07, 6.45) is 12.5. The topological polar surface area (TPSA) is 29.1 Å². The molecule has 5 aliphatic carbocycles. The molecular weight excluding hydrogens is 330 g/mol. The second-order valence-electron chi connectivity index (χ2n) is 11.9. The summed E-state index contributed by atoms with van der Waals surface area (Å²) >= 11 is 0. The molecule has 5 saturated carbocycles. The standard InChI is InChI=1S/C25H39NO/c1-7-16-17(27)14-23(5)19-9-8-18-21(2,3)20(26-6)10-11-24(18)15-25(19,24)13-12-22(16,23)4/h7,18-20,26H,8-15H2,1-6H3/b16-7+/t18-,19-,20+,22+,23-,24+,25-/m0/s1. The lowest BCUT2D eigenvalue weighted by molar-refractivity contribution is -0.129. The largest absolute Gasteiger partial charge is 0.316 e. The average molecular weight is 370 g/mol. The summed E-state index contributed by atoms with van der Waals surface area (Å²) in [5.41, 5.74) is 2.98. The molecule has 2 heteroatoms. The molecule has 0 aliphatic heterocycles. The number of hydrogen-bond donors (Lipinski definition) is 1. The van der Waals surface area contributed by atoms with E-state index < -0.39 is 0 Å². The minimum Gasteiger partial charge on any atom is -0.316 e. The van der Waals surface area contributed by atoms with Crippen LogP contribution in [0.3, 0.4) is 0 Å². The molecular formula is C25H39NO. The molecule has 0 radical (unpaired) electrons. The summed E-state index contributed by atoms with van der Waals surface area (Å²) in [5.74, 6) is 2.07. The lowest BCUT2D eigenvalue weighted by atomic mass is 9.42. The van der Waals surface area contributed by atoms with E-state index in [4.69, 9.17) is 0 Å². The van der Waals surface area contributed by atoms with Crippen LogP contribution >= 0.6 is 0 Å². The number of allylic oxidation sites excluding steroid dienone is 2. The highest BCUT2D eigenvalue weighted by Crippen LogP contribution is 2.88. The zero-order valence-electron chi connectivity index (χ0n) is 18.4. The minimum absolute atomic E-state index is 0.114. The quantitative estimate of drug-likeness (QED) is 0.616. The number of fused-ring (bicyclic) bond motifs is 2. The van der Waals surface area contributed by atoms with Crippen LogP contribution in [0.2, 0.25) is 0 Å². The Labute approximate surface area is 165 Å². The zero-order valence-corrected chi connectivity index (χ0v) is 18.4. The van der Waals surface area contributed by atoms with Gasteiger partial charge in [-0.25, -0.2) is 0 Å². The maximum atomic E-state index is 13.0. The van der Waals surface area contributed by atoms with Gasteiger partial charge in [-0.15, -0.1) is 0 Å². The Hall–Kier alpha value is -0.630. The van der Waals surface area contributed by atoms with E-state index in [1.54, 1.807) is 0 Å². The SMILES string of the molecule is C/C=C1\C(=O)C[C@@]2(C)[C@@H]3CC[C@H]4C(C)(C)[C@H](NC)CC[C@@]45C[C@@]35CC[C@]12C. The van der Waals surface area contributed by atoms with Gasteiger partial charge in [-0.3, -0.25) is 4.79 Å². The second kappa shape index (κ2) is 5.10. The number of nitrogens with one attached hydrogen (secondary N) is 1. The van der Waals surface area contributed by atoms with Crippen LogP contribution < -0.4 is 5.32 Å². The van der Waals surface area contributed by atoms with Gasteiger partial charge in [0, 0.05) is 17.9 Å². The van der Waals surface area contributed by atoms with Crippen molar-refractivity contribution >= 4 is 5.78 Å². The third kappa shape index (κ3) is 1.77. The van der Waals surface area contributed by atoms with Crippen LogP contribution in [0.25, 0.3) is 0 Å². The Kier molecular flexibility index (Phi) is 3.47. The molecule has 0 bridgehead atoms. The van der Waals surface area contributed by atoms with E-state index in [0.717, 1.165) is 23.8 Å². The maximum absolute atomic E-state index is 13.0. The molecule has 0 aromatic rings. The monoisotopic (exact) mass is 369 g/mol. The smallest absolute Gasteiger partial charge is 0.159 e. The van der Waals surface area contributed by atoms with E-state index in [1.807, 2.05) is 0 Å². The molecule has 0 aromatic heterocycles. The lowest BCUT2D eigenvalue weighted by Crippen LogP contribution is -2.58. The summed E-state index contributed by atoms with van der Waals surface area (Å²) in [6.45, 7) is 12.1. The van der Waals surface area contributed by atoms with Gasteiger partial charge in [-0.2, -0.15) is 0 Å². The van der Waals surface area contributed by atoms with E-state index in [1.165, 1.54) is 44.9 Å². The number of carbonyl (C=O) groups excluding carboxylic acids is 1. The second-order valence-corrected chi connectivity index (χ2v) is 11.9. The molecule has 0 saturated heterocycles. The summed E-state index contributed by atoms with van der Waals surface area (Å²) < 4.78 is 0. The van der Waals surface area contributed by atoms with Gasteiger partial charge in [0.05, 0.1) is 0 Å². The fourth-order valence-electron chi connectivity index (χ4n) is 10.0. The van der Waals surface area contributed by atoms with Gasteiger partial charge in [-0.05, 0) is 98.0 Å². The van der Waals surface area contributed by atoms with E-state index in [9.17, 15) is 4.79 Å². The fourth-order valence-corrected chi connectivity index (χ4v) is 10.0. The molecule has 5 rings (SSSR count). The van der Waals surface area contributed by atoms with Crippen LogP contribution in [0.1, 0.15) is 86.0 Å². The van der Waals surface area contributed by atoms with Gasteiger partial charge < -0.3 is 5.32 Å². The molecule has 0 aromatic carbocycles. The number of ketones is 1. The van der Waals surface area contributed by atoms with Crippen molar-refractivity contribution in [3.05, 3.63) is 11.6 Å². The van der Waals surface area contributed by atoms with Crippen molar-refractivity contribution in [3.63, 3.8) is 0 Å². The predicted octanol–water partition coefficient (Wildman–Crippen LogP) is 5.52. The molecule has 5 fully saturated rings. The highest BCUT2D eigenvalue weighted by atomic mass is 16.1. The number of Topliss-reactive ketones (excluding diaryl/α,β-unsaturated/α-hetero) is 1. The molecule has 0 amide bonds. The Bertz CT molecular complexity index is 737. The van der Waals surface area contributed by atoms with Crippen molar-refractivity contribution in [1.82, 2.24) is 5.32 Å². The maximum Gasteiger partial charge on any atom is 0.159 e. The van der Waals surface area contributed by atoms with Crippen LogP contribution in [0.15, 0.2) is 11.6 Å². The van der Waals surface area contributed by atoms with Gasteiger partial charge >= 0.3 is 0 Å². The van der Waals surface area contributed by atoms with Gasteiger partial charge in [0.15, 0.2) is 5.78 Å². The summed E-state index contributed by atoms with van der Waals surface area (Å²) in [6, 6.07) is 0.662. The first-order valence-electron chi connectivity index (χ1n) is 11.5. The number of rotatable bonds is 1. The molecule has 0 heterocycles. The summed E-state index contributed by atoms with van der Waals surface area (Å²) in [5, 5.41) is 3.65. The van der Waals surface area contributed by atoms with Crippen LogP contribution in [0.4, 0.5) is 0 Å².